The van der Waals surface area contributed by atoms with Crippen LogP contribution < -0.4 is 10.6 Å². The van der Waals surface area contributed by atoms with Crippen LogP contribution >= 0.6 is 0 Å². The lowest BCUT2D eigenvalue weighted by Gasteiger charge is -2.37. The van der Waals surface area contributed by atoms with Crippen molar-refractivity contribution in [1.29, 1.82) is 0 Å². The number of urea groups is 1. The van der Waals surface area contributed by atoms with Gasteiger partial charge in [-0.25, -0.2) is 13.2 Å². The van der Waals surface area contributed by atoms with Crippen LogP contribution in [0, 0.1) is 0 Å². The van der Waals surface area contributed by atoms with Crippen LogP contribution in [0.3, 0.4) is 0 Å². The highest BCUT2D eigenvalue weighted by Crippen LogP contribution is 2.29. The smallest absolute Gasteiger partial charge is 0.319 e. The summed E-state index contributed by atoms with van der Waals surface area (Å²) in [5.41, 5.74) is 0.564. The number of carbonyl (C=O) groups excluding carboxylic acids is 1. The molecular weight excluding hydrogens is 314 g/mol. The van der Waals surface area contributed by atoms with Crippen molar-refractivity contribution in [2.75, 3.05) is 11.9 Å². The summed E-state index contributed by atoms with van der Waals surface area (Å²) in [6, 6.07) is 6.04. The Kier molecular flexibility index (Phi) is 5.64. The maximum Gasteiger partial charge on any atom is 0.319 e. The number of anilines is 1. The first-order valence-corrected chi connectivity index (χ1v) is 9.48. The van der Waals surface area contributed by atoms with Gasteiger partial charge in [0.15, 0.2) is 0 Å². The molecule has 7 heteroatoms. The summed E-state index contributed by atoms with van der Waals surface area (Å²) in [6.45, 7) is 6.27. The van der Waals surface area contributed by atoms with Crippen LogP contribution in [0.25, 0.3) is 0 Å². The van der Waals surface area contributed by atoms with E-state index in [1.165, 1.54) is 0 Å². The van der Waals surface area contributed by atoms with Gasteiger partial charge in [-0.05, 0) is 57.9 Å². The van der Waals surface area contributed by atoms with Gasteiger partial charge in [-0.1, -0.05) is 6.42 Å². The maximum atomic E-state index is 12.9. The molecule has 2 atom stereocenters. The van der Waals surface area contributed by atoms with E-state index in [0.29, 0.717) is 12.2 Å². The average Bonchev–Trinajstić information content (AvgIpc) is 2.47. The van der Waals surface area contributed by atoms with E-state index in [9.17, 15) is 13.2 Å². The molecule has 0 radical (unpaired) electrons. The van der Waals surface area contributed by atoms with Crippen LogP contribution in [0.15, 0.2) is 29.2 Å². The van der Waals surface area contributed by atoms with E-state index in [1.807, 2.05) is 20.8 Å². The number of benzene rings is 1. The molecule has 2 rings (SSSR count). The van der Waals surface area contributed by atoms with E-state index in [2.05, 4.69) is 10.6 Å². The fourth-order valence-electron chi connectivity index (χ4n) is 3.04. The van der Waals surface area contributed by atoms with Crippen molar-refractivity contribution in [2.45, 2.75) is 57.0 Å². The van der Waals surface area contributed by atoms with Crippen LogP contribution in [0.4, 0.5) is 10.5 Å². The minimum atomic E-state index is -3.51. The lowest BCUT2D eigenvalue weighted by atomic mass is 10.0. The molecule has 2 amide bonds. The van der Waals surface area contributed by atoms with Crippen LogP contribution in [0.1, 0.15) is 40.0 Å². The zero-order chi connectivity index (χ0) is 17.0. The molecule has 2 N–H and O–H groups in total. The second kappa shape index (κ2) is 7.31. The molecule has 6 nitrogen and oxygen atoms in total. The molecule has 23 heavy (non-hydrogen) atoms. The van der Waals surface area contributed by atoms with Crippen LogP contribution in [-0.2, 0) is 10.0 Å². The van der Waals surface area contributed by atoms with E-state index < -0.39 is 10.0 Å². The Bertz CT molecular complexity index is 633. The summed E-state index contributed by atoms with van der Waals surface area (Å²) in [6.07, 6.45) is 2.84. The van der Waals surface area contributed by atoms with Crippen molar-refractivity contribution in [3.8, 4) is 0 Å². The molecule has 1 heterocycles. The Balaban J connectivity index is 2.18. The minimum absolute atomic E-state index is 0.0110. The molecule has 0 spiro atoms. The number of sulfonamides is 1. The maximum absolute atomic E-state index is 12.9. The van der Waals surface area contributed by atoms with Gasteiger partial charge in [0, 0.05) is 24.3 Å². The average molecular weight is 339 g/mol. The number of rotatable bonds is 4. The molecule has 1 aromatic carbocycles. The molecule has 0 aromatic heterocycles. The van der Waals surface area contributed by atoms with Gasteiger partial charge >= 0.3 is 6.03 Å². The van der Waals surface area contributed by atoms with Crippen molar-refractivity contribution in [3.63, 3.8) is 0 Å². The fourth-order valence-corrected chi connectivity index (χ4v) is 4.92. The van der Waals surface area contributed by atoms with Crippen LogP contribution in [0.2, 0.25) is 0 Å². The molecule has 1 aliphatic rings. The Morgan fingerprint density at radius 2 is 1.74 bits per heavy atom. The number of nitrogens with one attached hydrogen (secondary N) is 2. The summed E-state index contributed by atoms with van der Waals surface area (Å²) < 4.78 is 27.4. The van der Waals surface area contributed by atoms with Gasteiger partial charge in [0.25, 0.3) is 0 Å². The first kappa shape index (κ1) is 17.7. The topological polar surface area (TPSA) is 78.5 Å². The molecule has 0 bridgehead atoms. The highest BCUT2D eigenvalue weighted by Gasteiger charge is 2.35. The molecule has 1 aromatic rings. The first-order valence-electron chi connectivity index (χ1n) is 8.04. The summed E-state index contributed by atoms with van der Waals surface area (Å²) in [4.78, 5) is 11.7. The molecular formula is C16H25N3O3S. The van der Waals surface area contributed by atoms with Gasteiger partial charge in [0.05, 0.1) is 4.90 Å². The summed E-state index contributed by atoms with van der Waals surface area (Å²) in [7, 11) is -3.51. The third-order valence-corrected chi connectivity index (χ3v) is 6.28. The summed E-state index contributed by atoms with van der Waals surface area (Å²) in [5, 5.41) is 5.29. The van der Waals surface area contributed by atoms with E-state index in [1.54, 1.807) is 28.6 Å². The SMILES string of the molecule is CCNC(=O)Nc1ccc(S(=O)(=O)N2[C@H](C)CCC[C@@H]2C)cc1. The van der Waals surface area contributed by atoms with Gasteiger partial charge in [0.1, 0.15) is 0 Å². The number of nitrogens with zero attached hydrogens (tertiary/aromatic N) is 1. The molecule has 1 fully saturated rings. The van der Waals surface area contributed by atoms with Gasteiger partial charge < -0.3 is 10.6 Å². The Hall–Kier alpha value is -1.60. The zero-order valence-electron chi connectivity index (χ0n) is 13.9. The standard InChI is InChI=1S/C16H25N3O3S/c1-4-17-16(20)18-14-8-10-15(11-9-14)23(21,22)19-12(2)6-5-7-13(19)3/h8-13H,4-7H2,1-3H3,(H2,17,18,20)/t12-,13+. The molecule has 1 aliphatic heterocycles. The van der Waals surface area contributed by atoms with Crippen LogP contribution in [0.5, 0.6) is 0 Å². The fraction of sp³-hybridized carbons (Fsp3) is 0.562. The number of hydrogen-bond acceptors (Lipinski definition) is 3. The van der Waals surface area contributed by atoms with E-state index in [-0.39, 0.29) is 23.0 Å². The largest absolute Gasteiger partial charge is 0.338 e. The zero-order valence-corrected chi connectivity index (χ0v) is 14.7. The molecule has 0 saturated carbocycles. The third kappa shape index (κ3) is 4.03. The Labute approximate surface area is 138 Å². The van der Waals surface area contributed by atoms with E-state index in [0.717, 1.165) is 19.3 Å². The predicted molar refractivity (Wildman–Crippen MR) is 90.9 cm³/mol. The Morgan fingerprint density at radius 3 is 2.26 bits per heavy atom. The van der Waals surface area contributed by atoms with Gasteiger partial charge in [0.2, 0.25) is 10.0 Å². The molecule has 128 valence electrons. The van der Waals surface area contributed by atoms with E-state index in [4.69, 9.17) is 0 Å². The van der Waals surface area contributed by atoms with Gasteiger partial charge in [-0.15, -0.1) is 0 Å². The summed E-state index contributed by atoms with van der Waals surface area (Å²) in [5.74, 6) is 0. The predicted octanol–water partition coefficient (Wildman–Crippen LogP) is 2.78. The van der Waals surface area contributed by atoms with Crippen LogP contribution in [-0.4, -0.2) is 37.4 Å². The van der Waals surface area contributed by atoms with E-state index >= 15 is 0 Å². The molecule has 0 aliphatic carbocycles. The third-order valence-electron chi connectivity index (χ3n) is 4.14. The quantitative estimate of drug-likeness (QED) is 0.885. The van der Waals surface area contributed by atoms with Crippen molar-refractivity contribution in [1.82, 2.24) is 9.62 Å². The van der Waals surface area contributed by atoms with Crippen molar-refractivity contribution < 1.29 is 13.2 Å². The minimum Gasteiger partial charge on any atom is -0.338 e. The summed E-state index contributed by atoms with van der Waals surface area (Å²) >= 11 is 0. The number of piperidine rings is 1. The number of amides is 2. The Morgan fingerprint density at radius 1 is 1.17 bits per heavy atom. The first-order chi connectivity index (χ1) is 10.9. The number of carbonyl (C=O) groups is 1. The van der Waals surface area contributed by atoms with Crippen molar-refractivity contribution in [2.24, 2.45) is 0 Å². The lowest BCUT2D eigenvalue weighted by Crippen LogP contribution is -2.47. The highest BCUT2D eigenvalue weighted by atomic mass is 32.2. The molecule has 0 unspecified atom stereocenters. The highest BCUT2D eigenvalue weighted by molar-refractivity contribution is 7.89. The number of hydrogen-bond donors (Lipinski definition) is 2. The van der Waals surface area contributed by atoms with Crippen molar-refractivity contribution in [3.05, 3.63) is 24.3 Å². The second-order valence-electron chi connectivity index (χ2n) is 5.97. The van der Waals surface area contributed by atoms with Gasteiger partial charge in [-0.3, -0.25) is 0 Å². The van der Waals surface area contributed by atoms with Crippen molar-refractivity contribution >= 4 is 21.7 Å². The van der Waals surface area contributed by atoms with Gasteiger partial charge in [-0.2, -0.15) is 4.31 Å². The molecule has 1 saturated heterocycles. The lowest BCUT2D eigenvalue weighted by molar-refractivity contribution is 0.204. The monoisotopic (exact) mass is 339 g/mol. The second-order valence-corrected chi connectivity index (χ2v) is 7.82. The normalized spacial score (nSPS) is 22.6.